The lowest BCUT2D eigenvalue weighted by molar-refractivity contribution is -0.130. The van der Waals surface area contributed by atoms with Crippen LogP contribution in [0.15, 0.2) is 18.2 Å². The molecular formula is C14H19FN4O2. The molecule has 1 saturated heterocycles. The van der Waals surface area contributed by atoms with Crippen molar-refractivity contribution in [3.63, 3.8) is 0 Å². The van der Waals surface area contributed by atoms with Crippen molar-refractivity contribution in [2.45, 2.75) is 19.4 Å². The van der Waals surface area contributed by atoms with Crippen LogP contribution in [0.3, 0.4) is 0 Å². The number of carbonyl (C=O) groups is 2. The molecule has 2 rings (SSSR count). The summed E-state index contributed by atoms with van der Waals surface area (Å²) in [6.07, 6.45) is 0.641. The van der Waals surface area contributed by atoms with E-state index >= 15 is 0 Å². The SMILES string of the molecule is CCC1C(=O)NCCN1CC(=O)Nc1ccc(F)c(N)c1. The highest BCUT2D eigenvalue weighted by molar-refractivity contribution is 5.93. The van der Waals surface area contributed by atoms with Gasteiger partial charge in [0.2, 0.25) is 11.8 Å². The highest BCUT2D eigenvalue weighted by Gasteiger charge is 2.29. The van der Waals surface area contributed by atoms with Gasteiger partial charge in [-0.3, -0.25) is 14.5 Å². The summed E-state index contributed by atoms with van der Waals surface area (Å²) in [4.78, 5) is 25.6. The Morgan fingerprint density at radius 2 is 2.33 bits per heavy atom. The van der Waals surface area contributed by atoms with Gasteiger partial charge in [0.05, 0.1) is 18.3 Å². The van der Waals surface area contributed by atoms with Gasteiger partial charge < -0.3 is 16.4 Å². The molecule has 1 heterocycles. The molecule has 0 spiro atoms. The highest BCUT2D eigenvalue weighted by Crippen LogP contribution is 2.16. The fourth-order valence-corrected chi connectivity index (χ4v) is 2.40. The first-order chi connectivity index (χ1) is 10.0. The minimum Gasteiger partial charge on any atom is -0.396 e. The maximum absolute atomic E-state index is 13.1. The fourth-order valence-electron chi connectivity index (χ4n) is 2.40. The zero-order valence-electron chi connectivity index (χ0n) is 11.9. The molecule has 1 unspecified atom stereocenters. The minimum absolute atomic E-state index is 0.0171. The number of piperazine rings is 1. The summed E-state index contributed by atoms with van der Waals surface area (Å²) in [5.41, 5.74) is 5.87. The van der Waals surface area contributed by atoms with Crippen molar-refractivity contribution >= 4 is 23.2 Å². The average Bonchev–Trinajstić information content (AvgIpc) is 2.43. The monoisotopic (exact) mass is 294 g/mol. The van der Waals surface area contributed by atoms with Gasteiger partial charge in [-0.15, -0.1) is 0 Å². The molecule has 1 aliphatic heterocycles. The summed E-state index contributed by atoms with van der Waals surface area (Å²) in [6, 6.07) is 3.73. The van der Waals surface area contributed by atoms with Gasteiger partial charge in [-0.2, -0.15) is 0 Å². The van der Waals surface area contributed by atoms with Crippen molar-refractivity contribution in [3.05, 3.63) is 24.0 Å². The summed E-state index contributed by atoms with van der Waals surface area (Å²) >= 11 is 0. The van der Waals surface area contributed by atoms with Crippen LogP contribution in [0.25, 0.3) is 0 Å². The average molecular weight is 294 g/mol. The molecule has 0 bridgehead atoms. The Balaban J connectivity index is 1.97. The molecule has 1 fully saturated rings. The van der Waals surface area contributed by atoms with E-state index in [9.17, 15) is 14.0 Å². The maximum atomic E-state index is 13.1. The van der Waals surface area contributed by atoms with Crippen molar-refractivity contribution in [1.29, 1.82) is 0 Å². The molecule has 0 aromatic heterocycles. The smallest absolute Gasteiger partial charge is 0.238 e. The number of nitrogens with two attached hydrogens (primary N) is 1. The zero-order chi connectivity index (χ0) is 15.4. The topological polar surface area (TPSA) is 87.5 Å². The Morgan fingerprint density at radius 1 is 1.57 bits per heavy atom. The number of nitrogens with one attached hydrogen (secondary N) is 2. The van der Waals surface area contributed by atoms with Crippen LogP contribution in [0.2, 0.25) is 0 Å². The van der Waals surface area contributed by atoms with Crippen molar-refractivity contribution in [1.82, 2.24) is 10.2 Å². The van der Waals surface area contributed by atoms with Gasteiger partial charge in [0.15, 0.2) is 0 Å². The first kappa shape index (κ1) is 15.2. The molecule has 1 aliphatic rings. The standard InChI is InChI=1S/C14H19FN4O2/c1-2-12-14(21)17-5-6-19(12)8-13(20)18-9-3-4-10(15)11(16)7-9/h3-4,7,12H,2,5-6,8,16H2,1H3,(H,17,21)(H,18,20). The van der Waals surface area contributed by atoms with Gasteiger partial charge in [0.25, 0.3) is 0 Å². The van der Waals surface area contributed by atoms with Gasteiger partial charge in [-0.05, 0) is 24.6 Å². The van der Waals surface area contributed by atoms with E-state index in [1.165, 1.54) is 18.2 Å². The molecule has 21 heavy (non-hydrogen) atoms. The lowest BCUT2D eigenvalue weighted by atomic mass is 10.1. The molecular weight excluding hydrogens is 275 g/mol. The second kappa shape index (κ2) is 6.53. The number of amides is 2. The lowest BCUT2D eigenvalue weighted by Gasteiger charge is -2.33. The number of rotatable bonds is 4. The quantitative estimate of drug-likeness (QED) is 0.708. The van der Waals surface area contributed by atoms with Crippen LogP contribution in [0, 0.1) is 5.82 Å². The maximum Gasteiger partial charge on any atom is 0.238 e. The molecule has 1 aromatic rings. The molecule has 7 heteroatoms. The van der Waals surface area contributed by atoms with E-state index in [2.05, 4.69) is 10.6 Å². The van der Waals surface area contributed by atoms with Crippen molar-refractivity contribution in [2.75, 3.05) is 30.7 Å². The molecule has 1 aromatic carbocycles. The van der Waals surface area contributed by atoms with Gasteiger partial charge in [0.1, 0.15) is 5.82 Å². The Hall–Kier alpha value is -2.15. The van der Waals surface area contributed by atoms with Crippen LogP contribution in [0.4, 0.5) is 15.8 Å². The second-order valence-corrected chi connectivity index (χ2v) is 4.97. The first-order valence-corrected chi connectivity index (χ1v) is 6.88. The van der Waals surface area contributed by atoms with Crippen LogP contribution < -0.4 is 16.4 Å². The van der Waals surface area contributed by atoms with Gasteiger partial charge in [0, 0.05) is 18.8 Å². The predicted octanol–water partition coefficient (Wildman–Crippen LogP) is 0.557. The van der Waals surface area contributed by atoms with E-state index < -0.39 is 5.82 Å². The molecule has 1 atom stereocenters. The van der Waals surface area contributed by atoms with Crippen LogP contribution >= 0.6 is 0 Å². The Labute approximate surface area is 122 Å². The summed E-state index contributed by atoms with van der Waals surface area (Å²) in [5.74, 6) is -0.830. The molecule has 4 N–H and O–H groups in total. The predicted molar refractivity (Wildman–Crippen MR) is 78.1 cm³/mol. The van der Waals surface area contributed by atoms with Crippen LogP contribution in [-0.2, 0) is 9.59 Å². The van der Waals surface area contributed by atoms with E-state index in [1.807, 2.05) is 11.8 Å². The third-order valence-electron chi connectivity index (χ3n) is 3.45. The molecule has 0 aliphatic carbocycles. The largest absolute Gasteiger partial charge is 0.396 e. The van der Waals surface area contributed by atoms with E-state index in [0.717, 1.165) is 0 Å². The van der Waals surface area contributed by atoms with Crippen molar-refractivity contribution in [3.8, 4) is 0 Å². The van der Waals surface area contributed by atoms with E-state index in [1.54, 1.807) is 0 Å². The fraction of sp³-hybridized carbons (Fsp3) is 0.429. The third kappa shape index (κ3) is 3.69. The van der Waals surface area contributed by atoms with Crippen LogP contribution in [0.1, 0.15) is 13.3 Å². The molecule has 6 nitrogen and oxygen atoms in total. The third-order valence-corrected chi connectivity index (χ3v) is 3.45. The number of hydrogen-bond acceptors (Lipinski definition) is 4. The number of nitrogens with zero attached hydrogens (tertiary/aromatic N) is 1. The second-order valence-electron chi connectivity index (χ2n) is 4.97. The normalized spacial score (nSPS) is 19.1. The Morgan fingerprint density at radius 3 is 3.00 bits per heavy atom. The number of benzene rings is 1. The Kier molecular flexibility index (Phi) is 4.74. The first-order valence-electron chi connectivity index (χ1n) is 6.88. The molecule has 2 amide bonds. The van der Waals surface area contributed by atoms with E-state index in [4.69, 9.17) is 5.73 Å². The van der Waals surface area contributed by atoms with E-state index in [-0.39, 0.29) is 30.1 Å². The van der Waals surface area contributed by atoms with Crippen molar-refractivity contribution in [2.24, 2.45) is 0 Å². The summed E-state index contributed by atoms with van der Waals surface area (Å²) < 4.78 is 13.1. The molecule has 0 saturated carbocycles. The van der Waals surface area contributed by atoms with Crippen molar-refractivity contribution < 1.29 is 14.0 Å². The number of hydrogen-bond donors (Lipinski definition) is 3. The number of halogens is 1. The summed E-state index contributed by atoms with van der Waals surface area (Å²) in [7, 11) is 0. The van der Waals surface area contributed by atoms with Crippen LogP contribution in [-0.4, -0.2) is 42.4 Å². The summed E-state index contributed by atoms with van der Waals surface area (Å²) in [5, 5.41) is 5.44. The van der Waals surface area contributed by atoms with Gasteiger partial charge in [-0.1, -0.05) is 6.92 Å². The number of carbonyl (C=O) groups excluding carboxylic acids is 2. The zero-order valence-corrected chi connectivity index (χ0v) is 11.9. The van der Waals surface area contributed by atoms with Crippen LogP contribution in [0.5, 0.6) is 0 Å². The number of nitrogen functional groups attached to an aromatic ring is 1. The van der Waals surface area contributed by atoms with E-state index in [0.29, 0.717) is 25.2 Å². The lowest BCUT2D eigenvalue weighted by Crippen LogP contribution is -2.56. The summed E-state index contributed by atoms with van der Waals surface area (Å²) in [6.45, 7) is 3.18. The van der Waals surface area contributed by atoms with Gasteiger partial charge >= 0.3 is 0 Å². The Bertz CT molecular complexity index is 550. The van der Waals surface area contributed by atoms with Gasteiger partial charge in [-0.25, -0.2) is 4.39 Å². The minimum atomic E-state index is -0.522. The molecule has 0 radical (unpaired) electrons. The highest BCUT2D eigenvalue weighted by atomic mass is 19.1. The molecule has 114 valence electrons. The number of anilines is 2.